The molecule has 0 spiro atoms. The van der Waals surface area contributed by atoms with E-state index in [9.17, 15) is 9.59 Å². The minimum absolute atomic E-state index is 0.0331. The molecule has 5 nitrogen and oxygen atoms in total. The highest BCUT2D eigenvalue weighted by molar-refractivity contribution is 5.96. The summed E-state index contributed by atoms with van der Waals surface area (Å²) in [5.41, 5.74) is 4.13. The van der Waals surface area contributed by atoms with Crippen molar-refractivity contribution in [1.29, 1.82) is 0 Å². The highest BCUT2D eigenvalue weighted by Gasteiger charge is 2.25. The van der Waals surface area contributed by atoms with E-state index in [1.807, 2.05) is 63.8 Å². The topological polar surface area (TPSA) is 55.8 Å². The smallest absolute Gasteiger partial charge is 0.338 e. The van der Waals surface area contributed by atoms with Crippen molar-refractivity contribution in [2.24, 2.45) is 0 Å². The minimum atomic E-state index is -0.537. The Balaban J connectivity index is 1.65. The lowest BCUT2D eigenvalue weighted by molar-refractivity contribution is -0.119. The molecule has 0 bridgehead atoms. The molecule has 3 rings (SSSR count). The van der Waals surface area contributed by atoms with Crippen molar-refractivity contribution < 1.29 is 19.1 Å². The molecule has 0 fully saturated rings. The summed E-state index contributed by atoms with van der Waals surface area (Å²) < 4.78 is 11.3. The van der Waals surface area contributed by atoms with Crippen molar-refractivity contribution >= 4 is 17.6 Å². The van der Waals surface area contributed by atoms with Gasteiger partial charge in [-0.3, -0.25) is 4.79 Å². The fraction of sp³-hybridized carbons (Fsp3) is 0.440. The highest BCUT2D eigenvalue weighted by atomic mass is 16.6. The Morgan fingerprint density at radius 1 is 1.07 bits per heavy atom. The van der Waals surface area contributed by atoms with Crippen molar-refractivity contribution in [2.75, 3.05) is 18.1 Å². The number of ether oxygens (including phenoxy) is 2. The second-order valence-electron chi connectivity index (χ2n) is 8.86. The first-order valence-corrected chi connectivity index (χ1v) is 10.5. The van der Waals surface area contributed by atoms with Crippen molar-refractivity contribution in [2.45, 2.75) is 59.5 Å². The standard InChI is InChI=1S/C25H31NO4/c1-17-8-11-22(18(2)15-17)29-14-12-23(27)26-13-6-7-19-16-20(9-10-21(19)26)24(28)30-25(3,4)5/h8-11,15-16H,6-7,12-14H2,1-5H3. The van der Waals surface area contributed by atoms with E-state index in [1.165, 1.54) is 5.56 Å². The molecule has 0 aliphatic carbocycles. The largest absolute Gasteiger partial charge is 0.493 e. The molecule has 0 atom stereocenters. The summed E-state index contributed by atoms with van der Waals surface area (Å²) >= 11 is 0. The van der Waals surface area contributed by atoms with Crippen LogP contribution in [0.3, 0.4) is 0 Å². The third kappa shape index (κ3) is 5.41. The van der Waals surface area contributed by atoms with Crippen molar-refractivity contribution in [3.63, 3.8) is 0 Å². The molecule has 2 aromatic rings. The van der Waals surface area contributed by atoms with Crippen LogP contribution < -0.4 is 9.64 Å². The van der Waals surface area contributed by atoms with Gasteiger partial charge < -0.3 is 14.4 Å². The van der Waals surface area contributed by atoms with Gasteiger partial charge in [0.15, 0.2) is 0 Å². The van der Waals surface area contributed by atoms with E-state index >= 15 is 0 Å². The van der Waals surface area contributed by atoms with Gasteiger partial charge in [0.2, 0.25) is 5.91 Å². The predicted octanol–water partition coefficient (Wildman–Crippen LogP) is 5.01. The molecular weight excluding hydrogens is 378 g/mol. The molecule has 1 amide bonds. The average Bonchev–Trinajstić information content (AvgIpc) is 2.67. The van der Waals surface area contributed by atoms with E-state index in [4.69, 9.17) is 9.47 Å². The van der Waals surface area contributed by atoms with Crippen LogP contribution in [0.2, 0.25) is 0 Å². The van der Waals surface area contributed by atoms with Crippen LogP contribution in [0.25, 0.3) is 0 Å². The molecule has 0 aromatic heterocycles. The third-order valence-corrected chi connectivity index (χ3v) is 5.04. The molecule has 0 saturated heterocycles. The maximum atomic E-state index is 12.9. The number of nitrogens with zero attached hydrogens (tertiary/aromatic N) is 1. The Morgan fingerprint density at radius 2 is 1.83 bits per heavy atom. The molecule has 5 heteroatoms. The summed E-state index contributed by atoms with van der Waals surface area (Å²) in [6, 6.07) is 11.5. The first-order chi connectivity index (χ1) is 14.1. The van der Waals surface area contributed by atoms with E-state index in [0.29, 0.717) is 25.1 Å². The molecular formula is C25H31NO4. The fourth-order valence-corrected chi connectivity index (χ4v) is 3.66. The Kier molecular flexibility index (Phi) is 6.49. The van der Waals surface area contributed by atoms with Crippen LogP contribution in [0.15, 0.2) is 36.4 Å². The normalized spacial score (nSPS) is 13.6. The molecule has 1 aliphatic heterocycles. The SMILES string of the molecule is Cc1ccc(OCCC(=O)N2CCCc3cc(C(=O)OC(C)(C)C)ccc32)c(C)c1. The maximum Gasteiger partial charge on any atom is 0.338 e. The lowest BCUT2D eigenvalue weighted by Gasteiger charge is -2.30. The van der Waals surface area contributed by atoms with Gasteiger partial charge in [-0.25, -0.2) is 4.79 Å². The predicted molar refractivity (Wildman–Crippen MR) is 118 cm³/mol. The minimum Gasteiger partial charge on any atom is -0.493 e. The van der Waals surface area contributed by atoms with Crippen molar-refractivity contribution in [3.8, 4) is 5.75 Å². The highest BCUT2D eigenvalue weighted by Crippen LogP contribution is 2.29. The van der Waals surface area contributed by atoms with Crippen LogP contribution in [0.4, 0.5) is 5.69 Å². The van der Waals surface area contributed by atoms with Crippen LogP contribution in [0.1, 0.15) is 60.7 Å². The van der Waals surface area contributed by atoms with E-state index in [1.54, 1.807) is 6.07 Å². The van der Waals surface area contributed by atoms with Crippen LogP contribution in [0, 0.1) is 13.8 Å². The zero-order chi connectivity index (χ0) is 21.9. The lowest BCUT2D eigenvalue weighted by Crippen LogP contribution is -2.36. The van der Waals surface area contributed by atoms with Crippen molar-refractivity contribution in [1.82, 2.24) is 0 Å². The molecule has 0 saturated carbocycles. The zero-order valence-electron chi connectivity index (χ0n) is 18.6. The molecule has 0 N–H and O–H groups in total. The molecule has 1 heterocycles. The number of carbonyl (C=O) groups is 2. The van der Waals surface area contributed by atoms with Crippen LogP contribution in [0.5, 0.6) is 5.75 Å². The summed E-state index contributed by atoms with van der Waals surface area (Å²) in [6.45, 7) is 10.6. The number of rotatable bonds is 5. The van der Waals surface area contributed by atoms with Gasteiger partial charge in [0, 0.05) is 12.2 Å². The van der Waals surface area contributed by atoms with E-state index in [0.717, 1.165) is 35.4 Å². The number of anilines is 1. The fourth-order valence-electron chi connectivity index (χ4n) is 3.66. The average molecular weight is 410 g/mol. The zero-order valence-corrected chi connectivity index (χ0v) is 18.6. The molecule has 1 aliphatic rings. The number of amides is 1. The number of esters is 1. The molecule has 30 heavy (non-hydrogen) atoms. The van der Waals surface area contributed by atoms with Crippen LogP contribution in [-0.2, 0) is 16.0 Å². The molecule has 0 unspecified atom stereocenters. The summed E-state index contributed by atoms with van der Waals surface area (Å²) in [6.07, 6.45) is 2.02. The van der Waals surface area contributed by atoms with Crippen LogP contribution >= 0.6 is 0 Å². The van der Waals surface area contributed by atoms with Gasteiger partial charge in [0.25, 0.3) is 0 Å². The molecule has 0 radical (unpaired) electrons. The number of hydrogen-bond donors (Lipinski definition) is 0. The molecule has 160 valence electrons. The summed E-state index contributed by atoms with van der Waals surface area (Å²) in [5, 5.41) is 0. The van der Waals surface area contributed by atoms with E-state index in [-0.39, 0.29) is 11.9 Å². The van der Waals surface area contributed by atoms with E-state index in [2.05, 4.69) is 6.07 Å². The third-order valence-electron chi connectivity index (χ3n) is 5.04. The van der Waals surface area contributed by atoms with Gasteiger partial charge in [0.1, 0.15) is 11.4 Å². The van der Waals surface area contributed by atoms with Gasteiger partial charge >= 0.3 is 5.97 Å². The van der Waals surface area contributed by atoms with Gasteiger partial charge in [-0.15, -0.1) is 0 Å². The second kappa shape index (κ2) is 8.90. The monoisotopic (exact) mass is 409 g/mol. The number of benzene rings is 2. The molecule has 2 aromatic carbocycles. The summed E-state index contributed by atoms with van der Waals surface area (Å²) in [5.74, 6) is 0.510. The Labute approximate surface area is 179 Å². The van der Waals surface area contributed by atoms with Gasteiger partial charge in [0.05, 0.1) is 18.6 Å². The summed E-state index contributed by atoms with van der Waals surface area (Å²) in [4.78, 5) is 27.0. The first-order valence-electron chi connectivity index (χ1n) is 10.5. The first kappa shape index (κ1) is 21.9. The summed E-state index contributed by atoms with van der Waals surface area (Å²) in [7, 11) is 0. The van der Waals surface area contributed by atoms with E-state index < -0.39 is 5.60 Å². The second-order valence-corrected chi connectivity index (χ2v) is 8.86. The van der Waals surface area contributed by atoms with Gasteiger partial charge in [-0.2, -0.15) is 0 Å². The number of hydrogen-bond acceptors (Lipinski definition) is 4. The van der Waals surface area contributed by atoms with Gasteiger partial charge in [-0.1, -0.05) is 17.7 Å². The van der Waals surface area contributed by atoms with Gasteiger partial charge in [-0.05, 0) is 82.9 Å². The number of aryl methyl sites for hydroxylation is 3. The Hall–Kier alpha value is -2.82. The van der Waals surface area contributed by atoms with Crippen LogP contribution in [-0.4, -0.2) is 30.6 Å². The van der Waals surface area contributed by atoms with Crippen molar-refractivity contribution in [3.05, 3.63) is 58.7 Å². The number of carbonyl (C=O) groups excluding carboxylic acids is 2. The Bertz CT molecular complexity index is 943. The quantitative estimate of drug-likeness (QED) is 0.652. The Morgan fingerprint density at radius 3 is 2.53 bits per heavy atom. The maximum absolute atomic E-state index is 12.9. The number of fused-ring (bicyclic) bond motifs is 1. The lowest BCUT2D eigenvalue weighted by atomic mass is 9.98.